The van der Waals surface area contributed by atoms with E-state index in [1.165, 1.54) is 0 Å². The van der Waals surface area contributed by atoms with Crippen LogP contribution in [0.4, 0.5) is 5.69 Å². The summed E-state index contributed by atoms with van der Waals surface area (Å²) in [5.41, 5.74) is 1.58. The van der Waals surface area contributed by atoms with E-state index in [1.54, 1.807) is 53.4 Å². The van der Waals surface area contributed by atoms with Crippen molar-refractivity contribution in [1.29, 1.82) is 0 Å². The molecule has 3 aromatic rings. The van der Waals surface area contributed by atoms with Crippen molar-refractivity contribution in [2.75, 3.05) is 11.4 Å². The Kier molecular flexibility index (Phi) is 5.08. The number of nitrogens with zero attached hydrogens (tertiary/aromatic N) is 3. The lowest BCUT2D eigenvalue weighted by Gasteiger charge is -2.18. The van der Waals surface area contributed by atoms with Gasteiger partial charge < -0.3 is 14.2 Å². The van der Waals surface area contributed by atoms with Gasteiger partial charge in [0.2, 0.25) is 11.7 Å². The standard InChI is InChI=1S/C20H16ClN3O4/c21-14-6-3-5-13(11-14)19-22-17(28-23-19)12-27-20(26)15-7-1-2-8-16(15)24-10-4-9-18(24)25/h1-3,5-8,11H,4,9-10,12H2. The first-order valence-electron chi connectivity index (χ1n) is 8.77. The van der Waals surface area contributed by atoms with E-state index < -0.39 is 5.97 Å². The third kappa shape index (κ3) is 3.75. The highest BCUT2D eigenvalue weighted by molar-refractivity contribution is 6.30. The smallest absolute Gasteiger partial charge is 0.340 e. The average Bonchev–Trinajstić information content (AvgIpc) is 3.35. The van der Waals surface area contributed by atoms with Crippen molar-refractivity contribution in [2.45, 2.75) is 19.4 Å². The molecule has 0 unspecified atom stereocenters. The molecule has 1 fully saturated rings. The van der Waals surface area contributed by atoms with Gasteiger partial charge in [0.05, 0.1) is 11.3 Å². The van der Waals surface area contributed by atoms with Crippen LogP contribution in [0.3, 0.4) is 0 Å². The molecule has 142 valence electrons. The van der Waals surface area contributed by atoms with Crippen LogP contribution in [0.2, 0.25) is 5.02 Å². The molecule has 28 heavy (non-hydrogen) atoms. The summed E-state index contributed by atoms with van der Waals surface area (Å²) in [6, 6.07) is 13.9. The largest absolute Gasteiger partial charge is 0.452 e. The molecule has 1 aliphatic rings. The van der Waals surface area contributed by atoms with Crippen LogP contribution in [-0.4, -0.2) is 28.6 Å². The third-order valence-corrected chi connectivity index (χ3v) is 4.60. The Morgan fingerprint density at radius 2 is 2.07 bits per heavy atom. The van der Waals surface area contributed by atoms with E-state index >= 15 is 0 Å². The summed E-state index contributed by atoms with van der Waals surface area (Å²) < 4.78 is 10.5. The lowest BCUT2D eigenvalue weighted by Crippen LogP contribution is -2.26. The fourth-order valence-corrected chi connectivity index (χ4v) is 3.24. The molecular weight excluding hydrogens is 382 g/mol. The first-order chi connectivity index (χ1) is 13.6. The van der Waals surface area contributed by atoms with Gasteiger partial charge in [0.1, 0.15) is 0 Å². The lowest BCUT2D eigenvalue weighted by molar-refractivity contribution is -0.117. The Hall–Kier alpha value is -3.19. The number of benzene rings is 2. The van der Waals surface area contributed by atoms with Crippen LogP contribution in [-0.2, 0) is 16.1 Å². The van der Waals surface area contributed by atoms with Gasteiger partial charge in [0.15, 0.2) is 6.61 Å². The number of anilines is 1. The lowest BCUT2D eigenvalue weighted by atomic mass is 10.1. The van der Waals surface area contributed by atoms with Crippen LogP contribution >= 0.6 is 11.6 Å². The van der Waals surface area contributed by atoms with Crippen LogP contribution in [0.25, 0.3) is 11.4 Å². The number of esters is 1. The van der Waals surface area contributed by atoms with E-state index in [9.17, 15) is 9.59 Å². The Morgan fingerprint density at radius 1 is 1.21 bits per heavy atom. The fourth-order valence-electron chi connectivity index (χ4n) is 3.05. The molecule has 0 atom stereocenters. The van der Waals surface area contributed by atoms with E-state index in [1.807, 2.05) is 0 Å². The zero-order chi connectivity index (χ0) is 19.5. The zero-order valence-electron chi connectivity index (χ0n) is 14.8. The number of para-hydroxylation sites is 1. The van der Waals surface area contributed by atoms with Gasteiger partial charge in [0.25, 0.3) is 5.89 Å². The van der Waals surface area contributed by atoms with Gasteiger partial charge in [-0.15, -0.1) is 0 Å². The second-order valence-electron chi connectivity index (χ2n) is 6.26. The summed E-state index contributed by atoms with van der Waals surface area (Å²) in [5, 5.41) is 4.44. The Morgan fingerprint density at radius 3 is 2.86 bits per heavy atom. The first kappa shape index (κ1) is 18.2. The van der Waals surface area contributed by atoms with Crippen LogP contribution in [0.15, 0.2) is 53.1 Å². The van der Waals surface area contributed by atoms with Crippen molar-refractivity contribution in [3.05, 3.63) is 65.0 Å². The highest BCUT2D eigenvalue weighted by Crippen LogP contribution is 2.26. The third-order valence-electron chi connectivity index (χ3n) is 4.37. The average molecular weight is 398 g/mol. The maximum absolute atomic E-state index is 12.6. The minimum Gasteiger partial charge on any atom is -0.452 e. The fraction of sp³-hybridized carbons (Fsp3) is 0.200. The number of hydrogen-bond acceptors (Lipinski definition) is 6. The minimum absolute atomic E-state index is 0.00307. The van der Waals surface area contributed by atoms with Gasteiger partial charge >= 0.3 is 5.97 Å². The van der Waals surface area contributed by atoms with E-state index in [0.717, 1.165) is 6.42 Å². The summed E-state index contributed by atoms with van der Waals surface area (Å²) in [7, 11) is 0. The molecule has 4 rings (SSSR count). The molecule has 0 saturated carbocycles. The van der Waals surface area contributed by atoms with Gasteiger partial charge in [-0.2, -0.15) is 4.98 Å². The van der Waals surface area contributed by atoms with Gasteiger partial charge in [-0.3, -0.25) is 4.79 Å². The number of halogens is 1. The van der Waals surface area contributed by atoms with E-state index in [4.69, 9.17) is 20.9 Å². The second kappa shape index (κ2) is 7.82. The highest BCUT2D eigenvalue weighted by Gasteiger charge is 2.26. The van der Waals surface area contributed by atoms with Gasteiger partial charge in [-0.1, -0.05) is 41.0 Å². The number of hydrogen-bond donors (Lipinski definition) is 0. The molecule has 1 saturated heterocycles. The number of aromatic nitrogens is 2. The number of carbonyl (C=O) groups excluding carboxylic acids is 2. The molecule has 0 radical (unpaired) electrons. The number of carbonyl (C=O) groups is 2. The van der Waals surface area contributed by atoms with Crippen LogP contribution in [0, 0.1) is 0 Å². The van der Waals surface area contributed by atoms with Crippen molar-refractivity contribution in [3.63, 3.8) is 0 Å². The molecule has 8 heteroatoms. The highest BCUT2D eigenvalue weighted by atomic mass is 35.5. The van der Waals surface area contributed by atoms with E-state index in [2.05, 4.69) is 10.1 Å². The van der Waals surface area contributed by atoms with E-state index in [-0.39, 0.29) is 18.4 Å². The number of rotatable bonds is 5. The van der Waals surface area contributed by atoms with Crippen LogP contribution < -0.4 is 4.90 Å². The maximum Gasteiger partial charge on any atom is 0.340 e. The van der Waals surface area contributed by atoms with Crippen molar-refractivity contribution >= 4 is 29.2 Å². The molecule has 2 aromatic carbocycles. The van der Waals surface area contributed by atoms with Crippen molar-refractivity contribution in [2.24, 2.45) is 0 Å². The Bertz CT molecular complexity index is 1030. The van der Waals surface area contributed by atoms with Crippen LogP contribution in [0.1, 0.15) is 29.1 Å². The molecule has 1 amide bonds. The maximum atomic E-state index is 12.6. The quantitative estimate of drug-likeness (QED) is 0.607. The van der Waals surface area contributed by atoms with Crippen molar-refractivity contribution < 1.29 is 18.8 Å². The zero-order valence-corrected chi connectivity index (χ0v) is 15.6. The summed E-state index contributed by atoms with van der Waals surface area (Å²) in [6.07, 6.45) is 1.26. The van der Waals surface area contributed by atoms with Crippen molar-refractivity contribution in [3.8, 4) is 11.4 Å². The number of ether oxygens (including phenoxy) is 1. The van der Waals surface area contributed by atoms with Gasteiger partial charge in [0, 0.05) is 23.6 Å². The van der Waals surface area contributed by atoms with Gasteiger partial charge in [-0.25, -0.2) is 4.79 Å². The van der Waals surface area contributed by atoms with Gasteiger partial charge in [-0.05, 0) is 30.7 Å². The molecule has 0 N–H and O–H groups in total. The monoisotopic (exact) mass is 397 g/mol. The molecule has 0 spiro atoms. The number of amides is 1. The molecule has 0 bridgehead atoms. The van der Waals surface area contributed by atoms with Crippen LogP contribution in [0.5, 0.6) is 0 Å². The Labute approximate surface area is 165 Å². The Balaban J connectivity index is 1.46. The molecule has 2 heterocycles. The predicted octanol–water partition coefficient (Wildman–Crippen LogP) is 3.87. The molecule has 1 aromatic heterocycles. The second-order valence-corrected chi connectivity index (χ2v) is 6.70. The summed E-state index contributed by atoms with van der Waals surface area (Å²) in [6.45, 7) is 0.421. The summed E-state index contributed by atoms with van der Waals surface area (Å²) in [4.78, 5) is 30.4. The molecule has 7 nitrogen and oxygen atoms in total. The summed E-state index contributed by atoms with van der Waals surface area (Å²) in [5.74, 6) is -0.0317. The topological polar surface area (TPSA) is 85.5 Å². The normalized spacial score (nSPS) is 13.8. The predicted molar refractivity (Wildman–Crippen MR) is 102 cm³/mol. The minimum atomic E-state index is -0.558. The molecular formula is C20H16ClN3O4. The van der Waals surface area contributed by atoms with Crippen molar-refractivity contribution in [1.82, 2.24) is 10.1 Å². The summed E-state index contributed by atoms with van der Waals surface area (Å²) >= 11 is 5.97. The SMILES string of the molecule is O=C(OCc1nc(-c2cccc(Cl)c2)no1)c1ccccc1N1CCCC1=O. The van der Waals surface area contributed by atoms with E-state index in [0.29, 0.717) is 40.6 Å². The first-order valence-corrected chi connectivity index (χ1v) is 9.14. The molecule has 0 aliphatic carbocycles. The molecule has 1 aliphatic heterocycles.